The highest BCUT2D eigenvalue weighted by Crippen LogP contribution is 2.27. The first-order valence-corrected chi connectivity index (χ1v) is 9.87. The minimum atomic E-state index is 0. The first-order valence-electron chi connectivity index (χ1n) is 9.87. The Hall–Kier alpha value is -2.69. The monoisotopic (exact) mass is 519 g/mol. The lowest BCUT2D eigenvalue weighted by atomic mass is 10.2. The van der Waals surface area contributed by atoms with Crippen LogP contribution in [0.15, 0.2) is 53.7 Å². The number of rotatable bonds is 6. The van der Waals surface area contributed by atoms with Gasteiger partial charge in [0.2, 0.25) is 5.91 Å². The summed E-state index contributed by atoms with van der Waals surface area (Å²) < 4.78 is 1.94. The molecule has 0 unspecified atom stereocenters. The van der Waals surface area contributed by atoms with Gasteiger partial charge in [-0.05, 0) is 36.6 Å². The van der Waals surface area contributed by atoms with Gasteiger partial charge in [-0.3, -0.25) is 14.2 Å². The summed E-state index contributed by atoms with van der Waals surface area (Å²) >= 11 is 0. The molecule has 0 bridgehead atoms. The van der Waals surface area contributed by atoms with Crippen molar-refractivity contribution in [3.05, 3.63) is 60.0 Å². The number of amides is 1. The molecule has 1 aliphatic rings. The zero-order chi connectivity index (χ0) is 20.1. The highest BCUT2D eigenvalue weighted by Gasteiger charge is 2.23. The number of para-hydroxylation sites is 1. The third kappa shape index (κ3) is 4.89. The van der Waals surface area contributed by atoms with Gasteiger partial charge in [-0.1, -0.05) is 24.3 Å². The second-order valence-electron chi connectivity index (χ2n) is 6.93. The van der Waals surface area contributed by atoms with Crippen molar-refractivity contribution < 1.29 is 4.79 Å². The van der Waals surface area contributed by atoms with Crippen LogP contribution in [0.5, 0.6) is 0 Å². The number of benzene rings is 1. The van der Waals surface area contributed by atoms with Crippen molar-refractivity contribution in [1.29, 1.82) is 0 Å². The van der Waals surface area contributed by atoms with Crippen LogP contribution in [0.1, 0.15) is 24.2 Å². The standard InChI is InChI=1S/C21H25N7O.HI/c1-22-21(24-15-19-26-25-18-9-4-5-13-28(18)19)23-12-6-10-20(29)27-14-11-16-7-2-3-8-17(16)27;/h2-5,7-9,13H,6,10-12,14-15H2,1H3,(H2,22,23,24);1H. The van der Waals surface area contributed by atoms with Crippen molar-refractivity contribution in [2.45, 2.75) is 25.8 Å². The first-order chi connectivity index (χ1) is 14.3. The number of hydrogen-bond acceptors (Lipinski definition) is 4. The number of halogens is 1. The summed E-state index contributed by atoms with van der Waals surface area (Å²) in [4.78, 5) is 18.7. The van der Waals surface area contributed by atoms with Gasteiger partial charge in [-0.25, -0.2) is 0 Å². The number of guanidine groups is 1. The van der Waals surface area contributed by atoms with Gasteiger partial charge in [0.25, 0.3) is 0 Å². The molecule has 0 fully saturated rings. The highest BCUT2D eigenvalue weighted by atomic mass is 127. The minimum Gasteiger partial charge on any atom is -0.356 e. The van der Waals surface area contributed by atoms with Gasteiger partial charge in [-0.2, -0.15) is 0 Å². The van der Waals surface area contributed by atoms with Crippen LogP contribution in [0, 0.1) is 0 Å². The quantitative estimate of drug-likeness (QED) is 0.226. The van der Waals surface area contributed by atoms with E-state index in [9.17, 15) is 4.79 Å². The third-order valence-electron chi connectivity index (χ3n) is 5.07. The predicted octanol–water partition coefficient (Wildman–Crippen LogP) is 2.38. The van der Waals surface area contributed by atoms with Gasteiger partial charge in [0.05, 0.1) is 6.54 Å². The lowest BCUT2D eigenvalue weighted by Gasteiger charge is -2.17. The second-order valence-corrected chi connectivity index (χ2v) is 6.93. The fourth-order valence-electron chi connectivity index (χ4n) is 3.57. The summed E-state index contributed by atoms with van der Waals surface area (Å²) in [6.45, 7) is 1.96. The fraction of sp³-hybridized carbons (Fsp3) is 0.333. The van der Waals surface area contributed by atoms with E-state index in [0.29, 0.717) is 25.5 Å². The van der Waals surface area contributed by atoms with Crippen molar-refractivity contribution in [2.24, 2.45) is 4.99 Å². The van der Waals surface area contributed by atoms with E-state index in [2.05, 4.69) is 31.9 Å². The molecule has 158 valence electrons. The molecule has 0 aliphatic carbocycles. The van der Waals surface area contributed by atoms with Crippen LogP contribution in [-0.2, 0) is 17.8 Å². The van der Waals surface area contributed by atoms with Crippen LogP contribution in [0.4, 0.5) is 5.69 Å². The fourth-order valence-corrected chi connectivity index (χ4v) is 3.57. The molecule has 0 atom stereocenters. The zero-order valence-corrected chi connectivity index (χ0v) is 19.2. The van der Waals surface area contributed by atoms with Crippen molar-refractivity contribution in [2.75, 3.05) is 25.0 Å². The maximum absolute atomic E-state index is 12.6. The van der Waals surface area contributed by atoms with Crippen molar-refractivity contribution in [3.63, 3.8) is 0 Å². The average Bonchev–Trinajstić information content (AvgIpc) is 3.37. The summed E-state index contributed by atoms with van der Waals surface area (Å²) in [7, 11) is 1.73. The van der Waals surface area contributed by atoms with E-state index in [-0.39, 0.29) is 29.9 Å². The molecule has 0 saturated carbocycles. The second kappa shape index (κ2) is 10.4. The van der Waals surface area contributed by atoms with Crippen LogP contribution in [0.2, 0.25) is 0 Å². The number of nitrogens with one attached hydrogen (secondary N) is 2. The zero-order valence-electron chi connectivity index (χ0n) is 16.9. The molecule has 0 spiro atoms. The molecule has 2 N–H and O–H groups in total. The van der Waals surface area contributed by atoms with Crippen LogP contribution >= 0.6 is 24.0 Å². The SMILES string of the molecule is CN=C(NCCCC(=O)N1CCc2ccccc21)NCc1nnc2ccccn12.I. The van der Waals surface area contributed by atoms with Gasteiger partial charge >= 0.3 is 0 Å². The topological polar surface area (TPSA) is 86.9 Å². The lowest BCUT2D eigenvalue weighted by Crippen LogP contribution is -2.38. The largest absolute Gasteiger partial charge is 0.356 e. The van der Waals surface area contributed by atoms with E-state index >= 15 is 0 Å². The molecular weight excluding hydrogens is 493 g/mol. The predicted molar refractivity (Wildman–Crippen MR) is 128 cm³/mol. The van der Waals surface area contributed by atoms with Crippen molar-refractivity contribution >= 4 is 47.2 Å². The molecular formula is C21H26IN7O. The van der Waals surface area contributed by atoms with E-state index in [1.165, 1.54) is 5.56 Å². The normalized spacial score (nSPS) is 13.1. The molecule has 30 heavy (non-hydrogen) atoms. The number of carbonyl (C=O) groups excluding carboxylic acids is 1. The molecule has 0 radical (unpaired) electrons. The average molecular weight is 519 g/mol. The van der Waals surface area contributed by atoms with Crippen LogP contribution in [0.3, 0.4) is 0 Å². The number of aliphatic imine (C=N–C) groups is 1. The van der Waals surface area contributed by atoms with E-state index < -0.39 is 0 Å². The Morgan fingerprint density at radius 3 is 2.83 bits per heavy atom. The van der Waals surface area contributed by atoms with Gasteiger partial charge in [0.1, 0.15) is 0 Å². The number of hydrogen-bond donors (Lipinski definition) is 2. The molecule has 1 aromatic carbocycles. The molecule has 1 aliphatic heterocycles. The molecule has 2 aromatic heterocycles. The minimum absolute atomic E-state index is 0. The summed E-state index contributed by atoms with van der Waals surface area (Å²) in [6.07, 6.45) is 4.12. The Balaban J connectivity index is 0.00000256. The summed E-state index contributed by atoms with van der Waals surface area (Å²) in [5.41, 5.74) is 3.13. The Morgan fingerprint density at radius 1 is 1.13 bits per heavy atom. The number of pyridine rings is 1. The third-order valence-corrected chi connectivity index (χ3v) is 5.07. The van der Waals surface area contributed by atoms with Crippen LogP contribution < -0.4 is 15.5 Å². The molecule has 8 nitrogen and oxygen atoms in total. The molecule has 1 amide bonds. The van der Waals surface area contributed by atoms with Gasteiger partial charge in [0, 0.05) is 38.4 Å². The Labute approximate surface area is 192 Å². The van der Waals surface area contributed by atoms with Crippen molar-refractivity contribution in [3.8, 4) is 0 Å². The number of fused-ring (bicyclic) bond motifs is 2. The summed E-state index contributed by atoms with van der Waals surface area (Å²) in [6, 6.07) is 13.9. The van der Waals surface area contributed by atoms with Crippen LogP contribution in [-0.4, -0.2) is 46.6 Å². The smallest absolute Gasteiger partial charge is 0.227 e. The number of nitrogens with zero attached hydrogens (tertiary/aromatic N) is 5. The van der Waals surface area contributed by atoms with E-state index in [1.54, 1.807) is 7.05 Å². The van der Waals surface area contributed by atoms with Gasteiger partial charge in [-0.15, -0.1) is 34.2 Å². The van der Waals surface area contributed by atoms with E-state index in [4.69, 9.17) is 0 Å². The molecule has 3 heterocycles. The lowest BCUT2D eigenvalue weighted by molar-refractivity contribution is -0.118. The van der Waals surface area contributed by atoms with Gasteiger partial charge < -0.3 is 15.5 Å². The first kappa shape index (κ1) is 22.0. The van der Waals surface area contributed by atoms with Gasteiger partial charge in [0.15, 0.2) is 17.4 Å². The Bertz CT molecular complexity index is 1030. The Morgan fingerprint density at radius 2 is 1.97 bits per heavy atom. The summed E-state index contributed by atoms with van der Waals surface area (Å²) in [5, 5.41) is 14.8. The maximum atomic E-state index is 12.6. The maximum Gasteiger partial charge on any atom is 0.227 e. The molecule has 9 heteroatoms. The number of carbonyl (C=O) groups is 1. The van der Waals surface area contributed by atoms with E-state index in [0.717, 1.165) is 36.5 Å². The molecule has 3 aromatic rings. The van der Waals surface area contributed by atoms with Crippen LogP contribution in [0.25, 0.3) is 5.65 Å². The molecule has 0 saturated heterocycles. The molecule has 4 rings (SSSR count). The Kier molecular flexibility index (Phi) is 7.61. The van der Waals surface area contributed by atoms with Crippen molar-refractivity contribution in [1.82, 2.24) is 25.2 Å². The number of aromatic nitrogens is 3. The summed E-state index contributed by atoms with van der Waals surface area (Å²) in [5.74, 6) is 1.66. The highest BCUT2D eigenvalue weighted by molar-refractivity contribution is 14.0. The van der Waals surface area contributed by atoms with E-state index in [1.807, 2.05) is 51.9 Å². The number of anilines is 1.